The van der Waals surface area contributed by atoms with Gasteiger partial charge < -0.3 is 4.74 Å². The average Bonchev–Trinajstić information content (AvgIpc) is 3.01. The predicted octanol–water partition coefficient (Wildman–Crippen LogP) is 5.27. The molecule has 0 N–H and O–H groups in total. The topological polar surface area (TPSA) is 65.0 Å². The van der Waals surface area contributed by atoms with Crippen molar-refractivity contribution >= 4 is 40.5 Å². The van der Waals surface area contributed by atoms with Gasteiger partial charge in [0.2, 0.25) is 0 Å². The van der Waals surface area contributed by atoms with E-state index in [4.69, 9.17) is 27.9 Å². The summed E-state index contributed by atoms with van der Waals surface area (Å²) in [5.41, 5.74) is 0.710. The second-order valence-corrected chi connectivity index (χ2v) is 7.09. The van der Waals surface area contributed by atoms with E-state index < -0.39 is 17.9 Å². The van der Waals surface area contributed by atoms with Crippen LogP contribution in [0.3, 0.4) is 0 Å². The quantitative estimate of drug-likeness (QED) is 0.431. The molecule has 0 unspecified atom stereocenters. The Morgan fingerprint density at radius 2 is 1.96 bits per heavy atom. The van der Waals surface area contributed by atoms with Crippen LogP contribution in [0.25, 0.3) is 10.8 Å². The number of hydrogen-bond acceptors (Lipinski definition) is 6. The zero-order chi connectivity index (χ0) is 18.8. The van der Waals surface area contributed by atoms with Crippen molar-refractivity contribution < 1.29 is 13.9 Å². The van der Waals surface area contributed by atoms with E-state index in [1.165, 1.54) is 6.07 Å². The summed E-state index contributed by atoms with van der Waals surface area (Å²) in [5.74, 6) is -0.818. The van der Waals surface area contributed by atoms with Crippen molar-refractivity contribution in [3.8, 4) is 10.8 Å². The van der Waals surface area contributed by atoms with Gasteiger partial charge in [-0.1, -0.05) is 23.2 Å². The third kappa shape index (κ3) is 3.70. The van der Waals surface area contributed by atoms with Gasteiger partial charge in [-0.25, -0.2) is 24.1 Å². The van der Waals surface area contributed by atoms with Crippen molar-refractivity contribution in [2.45, 2.75) is 20.0 Å². The number of esters is 1. The molecule has 2 heterocycles. The summed E-state index contributed by atoms with van der Waals surface area (Å²) in [6.07, 6.45) is 2.34. The highest BCUT2D eigenvalue weighted by Crippen LogP contribution is 2.35. The third-order valence-corrected chi connectivity index (χ3v) is 5.36. The van der Waals surface area contributed by atoms with Crippen LogP contribution in [0.15, 0.2) is 30.6 Å². The molecule has 0 spiro atoms. The van der Waals surface area contributed by atoms with Crippen LogP contribution in [0.4, 0.5) is 4.39 Å². The van der Waals surface area contributed by atoms with E-state index in [2.05, 4.69) is 15.0 Å². The first-order valence-electron chi connectivity index (χ1n) is 7.47. The fraction of sp³-hybridized carbons (Fsp3) is 0.176. The SMILES string of the molecule is Cc1nc(-c2ncccn2)sc1C(=O)O[C@@H](C)c1c(Cl)ccc(F)c1Cl. The fourth-order valence-electron chi connectivity index (χ4n) is 2.28. The summed E-state index contributed by atoms with van der Waals surface area (Å²) in [6, 6.07) is 4.21. The van der Waals surface area contributed by atoms with Crippen LogP contribution in [0.2, 0.25) is 10.0 Å². The molecule has 5 nitrogen and oxygen atoms in total. The lowest BCUT2D eigenvalue weighted by molar-refractivity contribution is 0.0342. The van der Waals surface area contributed by atoms with Gasteiger partial charge in [-0.2, -0.15) is 0 Å². The molecule has 9 heteroatoms. The van der Waals surface area contributed by atoms with Gasteiger partial charge in [0.25, 0.3) is 0 Å². The zero-order valence-corrected chi connectivity index (χ0v) is 16.0. The average molecular weight is 412 g/mol. The monoisotopic (exact) mass is 411 g/mol. The molecule has 1 aromatic carbocycles. The number of benzene rings is 1. The van der Waals surface area contributed by atoms with Gasteiger partial charge in [-0.15, -0.1) is 11.3 Å². The standard InChI is InChI=1S/C17H12Cl2FN3O2S/c1-8-14(26-16(23-8)15-21-6-3-7-22-15)17(24)25-9(2)12-10(18)4-5-11(20)13(12)19/h3-7,9H,1-2H3/t9-/m0/s1. The van der Waals surface area contributed by atoms with Crippen LogP contribution >= 0.6 is 34.5 Å². The predicted molar refractivity (Wildman–Crippen MR) is 98.1 cm³/mol. The van der Waals surface area contributed by atoms with E-state index in [-0.39, 0.29) is 15.6 Å². The lowest BCUT2D eigenvalue weighted by Gasteiger charge is -2.16. The van der Waals surface area contributed by atoms with Crippen molar-refractivity contribution in [1.29, 1.82) is 0 Å². The minimum absolute atomic E-state index is 0.169. The van der Waals surface area contributed by atoms with Crippen LogP contribution in [-0.4, -0.2) is 20.9 Å². The summed E-state index contributed by atoms with van der Waals surface area (Å²) in [4.78, 5) is 25.4. The third-order valence-electron chi connectivity index (χ3n) is 3.51. The highest BCUT2D eigenvalue weighted by molar-refractivity contribution is 7.16. The zero-order valence-electron chi connectivity index (χ0n) is 13.7. The maximum Gasteiger partial charge on any atom is 0.350 e. The molecule has 0 aliphatic carbocycles. The minimum Gasteiger partial charge on any atom is -0.453 e. The second-order valence-electron chi connectivity index (χ2n) is 5.31. The normalized spacial score (nSPS) is 12.0. The van der Waals surface area contributed by atoms with E-state index in [9.17, 15) is 9.18 Å². The molecular weight excluding hydrogens is 400 g/mol. The Balaban J connectivity index is 1.85. The van der Waals surface area contributed by atoms with E-state index in [1.54, 1.807) is 32.3 Å². The number of hydrogen-bond donors (Lipinski definition) is 0. The molecule has 3 aromatic rings. The molecule has 26 heavy (non-hydrogen) atoms. The summed E-state index contributed by atoms with van der Waals surface area (Å²) in [5, 5.41) is 0.554. The highest BCUT2D eigenvalue weighted by Gasteiger charge is 2.24. The Morgan fingerprint density at radius 3 is 2.65 bits per heavy atom. The molecule has 0 amide bonds. The van der Waals surface area contributed by atoms with Crippen molar-refractivity contribution in [3.63, 3.8) is 0 Å². The molecule has 0 aliphatic rings. The molecule has 0 bridgehead atoms. The first kappa shape index (κ1) is 18.7. The maximum absolute atomic E-state index is 13.7. The van der Waals surface area contributed by atoms with Crippen LogP contribution < -0.4 is 0 Å². The van der Waals surface area contributed by atoms with E-state index in [0.29, 0.717) is 21.4 Å². The Hall–Kier alpha value is -2.09. The molecule has 2 aromatic heterocycles. The van der Waals surface area contributed by atoms with Crippen LogP contribution in [-0.2, 0) is 4.74 Å². The molecule has 0 aliphatic heterocycles. The van der Waals surface area contributed by atoms with Crippen molar-refractivity contribution in [2.24, 2.45) is 0 Å². The van der Waals surface area contributed by atoms with Gasteiger partial charge >= 0.3 is 5.97 Å². The minimum atomic E-state index is -0.837. The molecule has 0 saturated carbocycles. The molecule has 0 radical (unpaired) electrons. The smallest absolute Gasteiger partial charge is 0.350 e. The molecule has 0 fully saturated rings. The summed E-state index contributed by atoms with van der Waals surface area (Å²) in [7, 11) is 0. The maximum atomic E-state index is 13.7. The van der Waals surface area contributed by atoms with Gasteiger partial charge in [0.05, 0.1) is 10.7 Å². The Bertz CT molecular complexity index is 966. The number of halogens is 3. The van der Waals surface area contributed by atoms with Gasteiger partial charge in [0.15, 0.2) is 10.8 Å². The Labute approximate surface area is 162 Å². The lowest BCUT2D eigenvalue weighted by atomic mass is 10.1. The molecule has 134 valence electrons. The lowest BCUT2D eigenvalue weighted by Crippen LogP contribution is -2.10. The largest absolute Gasteiger partial charge is 0.453 e. The summed E-state index contributed by atoms with van der Waals surface area (Å²) in [6.45, 7) is 3.26. The van der Waals surface area contributed by atoms with Crippen molar-refractivity contribution in [1.82, 2.24) is 15.0 Å². The number of ether oxygens (including phenoxy) is 1. The number of aryl methyl sites for hydroxylation is 1. The van der Waals surface area contributed by atoms with Crippen molar-refractivity contribution in [2.75, 3.05) is 0 Å². The first-order valence-corrected chi connectivity index (χ1v) is 9.05. The summed E-state index contributed by atoms with van der Waals surface area (Å²) >= 11 is 13.2. The Morgan fingerprint density at radius 1 is 1.27 bits per heavy atom. The van der Waals surface area contributed by atoms with E-state index in [1.807, 2.05) is 0 Å². The molecular formula is C17H12Cl2FN3O2S. The van der Waals surface area contributed by atoms with Crippen LogP contribution in [0.1, 0.15) is 34.0 Å². The number of aromatic nitrogens is 3. The number of rotatable bonds is 4. The number of thiazole rings is 1. The second kappa shape index (κ2) is 7.65. The van der Waals surface area contributed by atoms with Gasteiger partial charge in [0, 0.05) is 23.0 Å². The molecule has 0 saturated heterocycles. The van der Waals surface area contributed by atoms with Gasteiger partial charge in [0.1, 0.15) is 16.8 Å². The number of carbonyl (C=O) groups excluding carboxylic acids is 1. The van der Waals surface area contributed by atoms with Crippen LogP contribution in [0.5, 0.6) is 0 Å². The van der Waals surface area contributed by atoms with E-state index in [0.717, 1.165) is 17.4 Å². The molecule has 1 atom stereocenters. The molecule has 3 rings (SSSR count). The van der Waals surface area contributed by atoms with Crippen LogP contribution in [0, 0.1) is 12.7 Å². The van der Waals surface area contributed by atoms with Gasteiger partial charge in [-0.05, 0) is 32.0 Å². The highest BCUT2D eigenvalue weighted by atomic mass is 35.5. The first-order chi connectivity index (χ1) is 12.4. The number of carbonyl (C=O) groups is 1. The fourth-order valence-corrected chi connectivity index (χ4v) is 3.85. The van der Waals surface area contributed by atoms with Gasteiger partial charge in [-0.3, -0.25) is 0 Å². The van der Waals surface area contributed by atoms with Crippen molar-refractivity contribution in [3.05, 3.63) is 62.6 Å². The van der Waals surface area contributed by atoms with E-state index >= 15 is 0 Å². The summed E-state index contributed by atoms with van der Waals surface area (Å²) < 4.78 is 19.1. The Kier molecular flexibility index (Phi) is 5.50. The number of nitrogens with zero attached hydrogens (tertiary/aromatic N) is 3.